The third-order valence-electron chi connectivity index (χ3n) is 10.7. The average molecular weight is 883 g/mol. The fraction of sp³-hybridized carbons (Fsp3) is 0.354. The zero-order valence-electron chi connectivity index (χ0n) is 35.8. The monoisotopic (exact) mass is 881 g/mol. The molecule has 2 aliphatic rings. The van der Waals surface area contributed by atoms with Crippen LogP contribution in [0.4, 0.5) is 17.1 Å². The number of piperidine rings is 1. The minimum absolute atomic E-state index is 0.0285. The molecule has 0 saturated carbocycles. The second kappa shape index (κ2) is 25.4. The zero-order chi connectivity index (χ0) is 43.4. The van der Waals surface area contributed by atoms with E-state index in [1.54, 1.807) is 23.9 Å². The lowest BCUT2D eigenvalue weighted by molar-refractivity contribution is -0.384. The van der Waals surface area contributed by atoms with Crippen LogP contribution in [-0.2, 0) is 6.54 Å². The van der Waals surface area contributed by atoms with Crippen molar-refractivity contribution in [1.82, 2.24) is 19.8 Å². The number of carbonyl (C=O) groups excluding carboxylic acids is 1. The lowest BCUT2D eigenvalue weighted by Crippen LogP contribution is -2.46. The predicted molar refractivity (Wildman–Crippen MR) is 258 cm³/mol. The molecule has 0 unspecified atom stereocenters. The van der Waals surface area contributed by atoms with Crippen LogP contribution in [0.5, 0.6) is 0 Å². The van der Waals surface area contributed by atoms with Crippen LogP contribution < -0.4 is 20.3 Å². The molecule has 1 amide bonds. The molecule has 2 aliphatic heterocycles. The number of benzene rings is 5. The summed E-state index contributed by atoms with van der Waals surface area (Å²) in [6, 6.07) is 39.9. The summed E-state index contributed by atoms with van der Waals surface area (Å²) in [7, 11) is 2.06. The van der Waals surface area contributed by atoms with Gasteiger partial charge in [-0.3, -0.25) is 24.5 Å². The summed E-state index contributed by atoms with van der Waals surface area (Å²) >= 11 is 8.86. The molecule has 13 heteroatoms. The van der Waals surface area contributed by atoms with Gasteiger partial charge in [-0.25, -0.2) is 0 Å². The Kier molecular flexibility index (Phi) is 19.8. The Bertz CT molecular complexity index is 2070. The van der Waals surface area contributed by atoms with Crippen molar-refractivity contribution in [1.29, 1.82) is 0 Å². The molecule has 5 aromatic carbocycles. The Hall–Kier alpha value is -4.56. The number of nitrogens with one attached hydrogen (secondary N) is 3. The first kappa shape index (κ1) is 47.5. The molecule has 3 N–H and O–H groups in total. The Morgan fingerprint density at radius 3 is 2.13 bits per heavy atom. The molecule has 0 spiro atoms. The maximum Gasteiger partial charge on any atom is 0.293 e. The van der Waals surface area contributed by atoms with Crippen molar-refractivity contribution >= 4 is 58.3 Å². The highest BCUT2D eigenvalue weighted by Gasteiger charge is 2.20. The summed E-state index contributed by atoms with van der Waals surface area (Å²) in [4.78, 5) is 33.4. The standard InChI is InChI=1S/C38H36ClN5O3S2.C8H18N2.C2H6/c39-31-14-10-28(11-15-31)35-9-5-4-6-30(35)27-42-21-23-43(24-22-42)32-16-12-29(13-17-32)38(45)41-49-34-18-19-36(37(26-34)44(46)47)40-20-25-48-33-7-2-1-3-8-33;1-3-10-6-4-8(9-2)5-7-10;1-2/h1-19,26,40H,20-25,27H2,(H,41,45);8-9H,3-7H2,1-2H3;1-2H3. The lowest BCUT2D eigenvalue weighted by atomic mass is 9.99. The number of carbonyl (C=O) groups is 1. The highest BCUT2D eigenvalue weighted by atomic mass is 35.5. The van der Waals surface area contributed by atoms with E-state index in [0.29, 0.717) is 22.7 Å². The van der Waals surface area contributed by atoms with E-state index >= 15 is 0 Å². The van der Waals surface area contributed by atoms with E-state index in [2.05, 4.69) is 80.4 Å². The number of hydrogen-bond donors (Lipinski definition) is 3. The molecule has 5 aromatic rings. The number of amides is 1. The Morgan fingerprint density at radius 2 is 1.48 bits per heavy atom. The van der Waals surface area contributed by atoms with Crippen LogP contribution in [0.1, 0.15) is 49.5 Å². The SMILES string of the molecule is CC.CCN1CCC(NC)CC1.O=C(NSc1ccc(NCCSc2ccccc2)c([N+](=O)[O-])c1)c1ccc(N2CCN(Cc3ccccc3-c3ccc(Cl)cc3)CC2)cc1. The molecular weight excluding hydrogens is 822 g/mol. The van der Waals surface area contributed by atoms with Crippen LogP contribution in [0.25, 0.3) is 11.1 Å². The summed E-state index contributed by atoms with van der Waals surface area (Å²) in [5.74, 6) is 0.507. The first-order chi connectivity index (χ1) is 29.8. The lowest BCUT2D eigenvalue weighted by Gasteiger charge is -2.36. The quantitative estimate of drug-likeness (QED) is 0.0309. The van der Waals surface area contributed by atoms with Crippen LogP contribution in [0, 0.1) is 10.1 Å². The Labute approximate surface area is 376 Å². The molecule has 2 saturated heterocycles. The number of hydrogen-bond acceptors (Lipinski definition) is 10. The Balaban J connectivity index is 0.000000511. The first-order valence-electron chi connectivity index (χ1n) is 21.3. The number of thioether (sulfide) groups is 1. The van der Waals surface area contributed by atoms with Gasteiger partial charge >= 0.3 is 0 Å². The fourth-order valence-electron chi connectivity index (χ4n) is 7.25. The molecule has 0 bridgehead atoms. The summed E-state index contributed by atoms with van der Waals surface area (Å²) in [6.07, 6.45) is 2.65. The van der Waals surface area contributed by atoms with Crippen LogP contribution in [-0.4, -0.2) is 91.8 Å². The molecule has 0 atom stereocenters. The van der Waals surface area contributed by atoms with Crippen LogP contribution in [0.3, 0.4) is 0 Å². The summed E-state index contributed by atoms with van der Waals surface area (Å²) < 4.78 is 2.82. The van der Waals surface area contributed by atoms with E-state index in [-0.39, 0.29) is 11.6 Å². The number of halogens is 1. The largest absolute Gasteiger partial charge is 0.379 e. The molecule has 0 aliphatic carbocycles. The minimum Gasteiger partial charge on any atom is -0.379 e. The number of nitro groups is 1. The third kappa shape index (κ3) is 14.8. The van der Waals surface area contributed by atoms with Crippen molar-refractivity contribution < 1.29 is 9.72 Å². The molecule has 2 fully saturated rings. The van der Waals surface area contributed by atoms with Crippen LogP contribution >= 0.6 is 35.3 Å². The molecule has 61 heavy (non-hydrogen) atoms. The van der Waals surface area contributed by atoms with E-state index in [1.165, 1.54) is 49.7 Å². The van der Waals surface area contributed by atoms with E-state index in [1.807, 2.05) is 80.6 Å². The van der Waals surface area contributed by atoms with E-state index in [0.717, 1.165) is 77.6 Å². The van der Waals surface area contributed by atoms with Crippen molar-refractivity contribution in [3.05, 3.63) is 148 Å². The molecule has 2 heterocycles. The number of piperazine rings is 1. The van der Waals surface area contributed by atoms with Gasteiger partial charge in [0.15, 0.2) is 0 Å². The molecule has 324 valence electrons. The predicted octanol–water partition coefficient (Wildman–Crippen LogP) is 10.6. The Morgan fingerprint density at radius 1 is 0.803 bits per heavy atom. The van der Waals surface area contributed by atoms with Crippen molar-refractivity contribution in [3.8, 4) is 11.1 Å². The van der Waals surface area contributed by atoms with Crippen LogP contribution in [0.15, 0.2) is 131 Å². The van der Waals surface area contributed by atoms with Crippen molar-refractivity contribution in [2.75, 3.05) is 75.4 Å². The van der Waals surface area contributed by atoms with Gasteiger partial charge in [0.05, 0.1) is 4.92 Å². The van der Waals surface area contributed by atoms with Gasteiger partial charge in [0, 0.05) is 83.2 Å². The minimum atomic E-state index is -0.405. The van der Waals surface area contributed by atoms with Crippen molar-refractivity contribution in [3.63, 3.8) is 0 Å². The summed E-state index contributed by atoms with van der Waals surface area (Å²) in [5, 5.41) is 19.0. The number of anilines is 2. The third-order valence-corrected chi connectivity index (χ3v) is 12.8. The molecule has 0 radical (unpaired) electrons. The van der Waals surface area contributed by atoms with Gasteiger partial charge in [-0.1, -0.05) is 87.0 Å². The zero-order valence-corrected chi connectivity index (χ0v) is 38.2. The first-order valence-corrected chi connectivity index (χ1v) is 23.5. The number of nitro benzene ring substituents is 1. The summed E-state index contributed by atoms with van der Waals surface area (Å²) in [5.41, 5.74) is 5.71. The topological polar surface area (TPSA) is 106 Å². The van der Waals surface area contributed by atoms with Gasteiger partial charge < -0.3 is 20.4 Å². The highest BCUT2D eigenvalue weighted by molar-refractivity contribution is 7.99. The molecule has 7 rings (SSSR count). The smallest absolute Gasteiger partial charge is 0.293 e. The number of nitrogens with zero attached hydrogens (tertiary/aromatic N) is 4. The number of rotatable bonds is 15. The van der Waals surface area contributed by atoms with Crippen molar-refractivity contribution in [2.24, 2.45) is 0 Å². The van der Waals surface area contributed by atoms with Gasteiger partial charge in [0.1, 0.15) is 5.69 Å². The van der Waals surface area contributed by atoms with E-state index < -0.39 is 4.92 Å². The summed E-state index contributed by atoms with van der Waals surface area (Å²) in [6.45, 7) is 15.1. The van der Waals surface area contributed by atoms with Gasteiger partial charge in [-0.05, 0) is 129 Å². The molecular formula is C48H60ClN7O3S2. The van der Waals surface area contributed by atoms with Gasteiger partial charge in [-0.15, -0.1) is 11.8 Å². The highest BCUT2D eigenvalue weighted by Crippen LogP contribution is 2.31. The van der Waals surface area contributed by atoms with Gasteiger partial charge in [-0.2, -0.15) is 0 Å². The molecule has 10 nitrogen and oxygen atoms in total. The fourth-order valence-corrected chi connectivity index (χ4v) is 8.80. The van der Waals surface area contributed by atoms with Crippen LogP contribution in [0.2, 0.25) is 5.02 Å². The average Bonchev–Trinajstić information content (AvgIpc) is 3.32. The maximum atomic E-state index is 12.9. The van der Waals surface area contributed by atoms with Gasteiger partial charge in [0.2, 0.25) is 0 Å². The number of likely N-dealkylation sites (tertiary alicyclic amines) is 1. The maximum absolute atomic E-state index is 12.9. The van der Waals surface area contributed by atoms with Crippen molar-refractivity contribution in [2.45, 2.75) is 56.0 Å². The second-order valence-electron chi connectivity index (χ2n) is 14.5. The van der Waals surface area contributed by atoms with Gasteiger partial charge in [0.25, 0.3) is 11.6 Å². The van der Waals surface area contributed by atoms with E-state index in [9.17, 15) is 14.9 Å². The normalized spacial score (nSPS) is 14.5. The van der Waals surface area contributed by atoms with E-state index in [4.69, 9.17) is 11.6 Å². The molecule has 0 aromatic heterocycles. The second-order valence-corrected chi connectivity index (χ2v) is 17.0.